The summed E-state index contributed by atoms with van der Waals surface area (Å²) in [5.74, 6) is 1.32. The van der Waals surface area contributed by atoms with E-state index in [9.17, 15) is 0 Å². The molecule has 1 N–H and O–H groups in total. The van der Waals surface area contributed by atoms with Crippen LogP contribution in [0.1, 0.15) is 13.3 Å². The number of aliphatic hydroxyl groups is 1. The molecule has 0 amide bonds. The molecule has 0 saturated heterocycles. The molecule has 0 bridgehead atoms. The number of hydrogen-bond donors (Lipinski definition) is 1. The summed E-state index contributed by atoms with van der Waals surface area (Å²) in [7, 11) is 0. The van der Waals surface area contributed by atoms with Crippen LogP contribution in [0, 0.1) is 11.8 Å². The van der Waals surface area contributed by atoms with E-state index in [1.807, 2.05) is 0 Å². The zero-order valence-corrected chi connectivity index (χ0v) is 5.22. The molecule has 8 heavy (non-hydrogen) atoms. The van der Waals surface area contributed by atoms with Crippen LogP contribution in [0.4, 0.5) is 0 Å². The highest BCUT2D eigenvalue weighted by Crippen LogP contribution is 2.45. The van der Waals surface area contributed by atoms with Gasteiger partial charge in [-0.15, -0.1) is 0 Å². The fourth-order valence-electron chi connectivity index (χ4n) is 1.12. The number of rotatable bonds is 2. The van der Waals surface area contributed by atoms with Gasteiger partial charge in [0.1, 0.15) is 0 Å². The van der Waals surface area contributed by atoms with Crippen LogP contribution in [0.15, 0.2) is 12.2 Å². The van der Waals surface area contributed by atoms with Gasteiger partial charge >= 0.3 is 0 Å². The molecule has 0 heterocycles. The van der Waals surface area contributed by atoms with E-state index in [2.05, 4.69) is 13.5 Å². The summed E-state index contributed by atoms with van der Waals surface area (Å²) >= 11 is 0. The van der Waals surface area contributed by atoms with Gasteiger partial charge in [0.25, 0.3) is 0 Å². The van der Waals surface area contributed by atoms with Crippen LogP contribution in [0.5, 0.6) is 0 Å². The van der Waals surface area contributed by atoms with Gasteiger partial charge in [0, 0.05) is 6.61 Å². The average molecular weight is 112 g/mol. The molecule has 1 rings (SSSR count). The minimum atomic E-state index is 0.314. The number of aliphatic hydroxyl groups excluding tert-OH is 1. The largest absolute Gasteiger partial charge is 0.396 e. The van der Waals surface area contributed by atoms with Gasteiger partial charge in [-0.25, -0.2) is 0 Å². The molecule has 0 unspecified atom stereocenters. The maximum Gasteiger partial charge on any atom is 0.0436 e. The average Bonchev–Trinajstić information content (AvgIpc) is 2.25. The van der Waals surface area contributed by atoms with Crippen molar-refractivity contribution in [3.05, 3.63) is 12.2 Å². The smallest absolute Gasteiger partial charge is 0.0436 e. The molecule has 0 aromatic rings. The Morgan fingerprint density at radius 2 is 2.25 bits per heavy atom. The molecule has 0 aromatic carbocycles. The van der Waals surface area contributed by atoms with Crippen LogP contribution < -0.4 is 0 Å². The first-order valence-electron chi connectivity index (χ1n) is 3.07. The third kappa shape index (κ3) is 0.781. The quantitative estimate of drug-likeness (QED) is 0.532. The van der Waals surface area contributed by atoms with Gasteiger partial charge in [-0.3, -0.25) is 0 Å². The Hall–Kier alpha value is -0.300. The van der Waals surface area contributed by atoms with Crippen LogP contribution in [-0.4, -0.2) is 11.7 Å². The lowest BCUT2D eigenvalue weighted by molar-refractivity contribution is 0.279. The van der Waals surface area contributed by atoms with Crippen molar-refractivity contribution in [3.8, 4) is 0 Å². The van der Waals surface area contributed by atoms with Gasteiger partial charge in [-0.05, 0) is 18.3 Å². The molecule has 1 aliphatic carbocycles. The number of allylic oxidation sites excluding steroid dienone is 1. The van der Waals surface area contributed by atoms with Gasteiger partial charge in [-0.1, -0.05) is 19.1 Å². The van der Waals surface area contributed by atoms with Gasteiger partial charge in [0.2, 0.25) is 0 Å². The monoisotopic (exact) mass is 112 g/mol. The molecule has 1 aliphatic rings. The molecule has 1 saturated carbocycles. The standard InChI is InChI=1S/C7H12O/c1-5-6(2)7(5)3-4-8/h6-8H,1,3-4H2,2H3/t6-,7+/m0/s1. The molecular formula is C7H12O. The normalized spacial score (nSPS) is 35.5. The third-order valence-corrected chi connectivity index (χ3v) is 2.00. The van der Waals surface area contributed by atoms with Crippen molar-refractivity contribution < 1.29 is 5.11 Å². The van der Waals surface area contributed by atoms with Crippen LogP contribution in [0.3, 0.4) is 0 Å². The SMILES string of the molecule is C=C1[C@@H](CCO)[C@H]1C. The van der Waals surface area contributed by atoms with Crippen molar-refractivity contribution in [1.29, 1.82) is 0 Å². The van der Waals surface area contributed by atoms with E-state index in [0.29, 0.717) is 18.4 Å². The summed E-state index contributed by atoms with van der Waals surface area (Å²) in [5.41, 5.74) is 1.32. The predicted octanol–water partition coefficient (Wildman–Crippen LogP) is 1.19. The van der Waals surface area contributed by atoms with Gasteiger partial charge < -0.3 is 5.11 Å². The van der Waals surface area contributed by atoms with E-state index in [4.69, 9.17) is 5.11 Å². The highest BCUT2D eigenvalue weighted by Gasteiger charge is 2.36. The van der Waals surface area contributed by atoms with E-state index in [1.54, 1.807) is 0 Å². The third-order valence-electron chi connectivity index (χ3n) is 2.00. The lowest BCUT2D eigenvalue weighted by atomic mass is 10.2. The van der Waals surface area contributed by atoms with E-state index >= 15 is 0 Å². The van der Waals surface area contributed by atoms with E-state index in [-0.39, 0.29) is 0 Å². The van der Waals surface area contributed by atoms with E-state index in [0.717, 1.165) is 6.42 Å². The minimum absolute atomic E-state index is 0.314. The van der Waals surface area contributed by atoms with Crippen LogP contribution in [-0.2, 0) is 0 Å². The molecule has 1 nitrogen and oxygen atoms in total. The summed E-state index contributed by atoms with van der Waals surface area (Å²) in [6.07, 6.45) is 0.917. The Labute approximate surface area is 50.0 Å². The molecule has 0 aromatic heterocycles. The first-order valence-corrected chi connectivity index (χ1v) is 3.07. The Morgan fingerprint density at radius 1 is 1.75 bits per heavy atom. The topological polar surface area (TPSA) is 20.2 Å². The molecule has 1 heteroatoms. The molecule has 1 fully saturated rings. The van der Waals surface area contributed by atoms with Crippen molar-refractivity contribution in [2.24, 2.45) is 11.8 Å². The highest BCUT2D eigenvalue weighted by molar-refractivity contribution is 5.24. The maximum absolute atomic E-state index is 8.47. The first kappa shape index (κ1) is 5.83. The summed E-state index contributed by atoms with van der Waals surface area (Å²) in [5, 5.41) is 8.47. The summed E-state index contributed by atoms with van der Waals surface area (Å²) in [4.78, 5) is 0. The summed E-state index contributed by atoms with van der Waals surface area (Å²) in [6, 6.07) is 0. The van der Waals surface area contributed by atoms with Crippen LogP contribution >= 0.6 is 0 Å². The van der Waals surface area contributed by atoms with Crippen molar-refractivity contribution in [1.82, 2.24) is 0 Å². The molecule has 46 valence electrons. The van der Waals surface area contributed by atoms with E-state index in [1.165, 1.54) is 5.57 Å². The maximum atomic E-state index is 8.47. The molecule has 0 aliphatic heterocycles. The second kappa shape index (κ2) is 1.90. The zero-order valence-electron chi connectivity index (χ0n) is 5.22. The lowest BCUT2D eigenvalue weighted by Gasteiger charge is -1.85. The van der Waals surface area contributed by atoms with Crippen LogP contribution in [0.25, 0.3) is 0 Å². The highest BCUT2D eigenvalue weighted by atomic mass is 16.3. The fraction of sp³-hybridized carbons (Fsp3) is 0.714. The molecular weight excluding hydrogens is 100 g/mol. The van der Waals surface area contributed by atoms with E-state index < -0.39 is 0 Å². The first-order chi connectivity index (χ1) is 3.77. The molecule has 0 spiro atoms. The van der Waals surface area contributed by atoms with Crippen LogP contribution in [0.2, 0.25) is 0 Å². The minimum Gasteiger partial charge on any atom is -0.396 e. The molecule has 0 radical (unpaired) electrons. The van der Waals surface area contributed by atoms with Crippen molar-refractivity contribution >= 4 is 0 Å². The zero-order chi connectivity index (χ0) is 6.15. The van der Waals surface area contributed by atoms with Crippen molar-refractivity contribution in [2.75, 3.05) is 6.61 Å². The van der Waals surface area contributed by atoms with Gasteiger partial charge in [0.05, 0.1) is 0 Å². The van der Waals surface area contributed by atoms with Crippen molar-refractivity contribution in [3.63, 3.8) is 0 Å². The van der Waals surface area contributed by atoms with Gasteiger partial charge in [0.15, 0.2) is 0 Å². The second-order valence-electron chi connectivity index (χ2n) is 2.48. The Bertz CT molecular complexity index is 107. The summed E-state index contributed by atoms with van der Waals surface area (Å²) in [6.45, 7) is 6.31. The second-order valence-corrected chi connectivity index (χ2v) is 2.48. The summed E-state index contributed by atoms with van der Waals surface area (Å²) < 4.78 is 0. The number of hydrogen-bond acceptors (Lipinski definition) is 1. The lowest BCUT2D eigenvalue weighted by Crippen LogP contribution is -1.84. The molecule has 2 atom stereocenters. The Morgan fingerprint density at radius 3 is 2.38 bits per heavy atom. The fourth-order valence-corrected chi connectivity index (χ4v) is 1.12. The Kier molecular flexibility index (Phi) is 1.39. The predicted molar refractivity (Wildman–Crippen MR) is 33.5 cm³/mol. The van der Waals surface area contributed by atoms with Crippen molar-refractivity contribution in [2.45, 2.75) is 13.3 Å². The van der Waals surface area contributed by atoms with Gasteiger partial charge in [-0.2, -0.15) is 0 Å². The Balaban J connectivity index is 2.23.